The highest BCUT2D eigenvalue weighted by molar-refractivity contribution is 7.14. The predicted octanol–water partition coefficient (Wildman–Crippen LogP) is 1.87. The van der Waals surface area contributed by atoms with E-state index in [1.807, 2.05) is 0 Å². The topological polar surface area (TPSA) is 100 Å². The summed E-state index contributed by atoms with van der Waals surface area (Å²) in [6.45, 7) is -2.10. The van der Waals surface area contributed by atoms with Crippen LogP contribution in [-0.2, 0) is 16.0 Å². The van der Waals surface area contributed by atoms with Gasteiger partial charge in [0.05, 0.1) is 24.2 Å². The van der Waals surface area contributed by atoms with Crippen LogP contribution < -0.4 is 16.0 Å². The van der Waals surface area contributed by atoms with E-state index in [0.29, 0.717) is 0 Å². The number of hydrogen-bond donors (Lipinski definition) is 3. The molecular weight excluding hydrogens is 404 g/mol. The number of alkyl halides is 3. The molecule has 7 nitrogen and oxygen atoms in total. The minimum atomic E-state index is -4.54. The molecule has 0 saturated heterocycles. The zero-order valence-corrected chi connectivity index (χ0v) is 14.9. The number of carbonyl (C=O) groups is 3. The van der Waals surface area contributed by atoms with E-state index in [4.69, 9.17) is 0 Å². The molecule has 3 amide bonds. The Bertz CT molecular complexity index is 870. The van der Waals surface area contributed by atoms with Crippen LogP contribution >= 0.6 is 11.3 Å². The van der Waals surface area contributed by atoms with Gasteiger partial charge in [-0.2, -0.15) is 13.2 Å². The Morgan fingerprint density at radius 3 is 2.46 bits per heavy atom. The Labute approximate surface area is 160 Å². The van der Waals surface area contributed by atoms with Crippen molar-refractivity contribution < 1.29 is 31.9 Å². The van der Waals surface area contributed by atoms with E-state index >= 15 is 0 Å². The number of amides is 3. The zero-order chi connectivity index (χ0) is 20.7. The van der Waals surface area contributed by atoms with Crippen LogP contribution in [-0.4, -0.2) is 42.0 Å². The molecular formula is C16H14F4N4O3S. The summed E-state index contributed by atoms with van der Waals surface area (Å²) in [5.41, 5.74) is 0.101. The van der Waals surface area contributed by atoms with Crippen LogP contribution in [0.5, 0.6) is 0 Å². The maximum Gasteiger partial charge on any atom is 0.405 e. The second-order valence-corrected chi connectivity index (χ2v) is 6.28. The molecule has 0 spiro atoms. The first-order chi connectivity index (χ1) is 13.1. The molecule has 150 valence electrons. The summed E-state index contributed by atoms with van der Waals surface area (Å²) in [7, 11) is 0. The van der Waals surface area contributed by atoms with Crippen molar-refractivity contribution in [3.8, 4) is 0 Å². The van der Waals surface area contributed by atoms with Crippen molar-refractivity contribution in [1.29, 1.82) is 0 Å². The highest BCUT2D eigenvalue weighted by Gasteiger charge is 2.27. The molecule has 0 aliphatic rings. The molecule has 1 aromatic carbocycles. The van der Waals surface area contributed by atoms with Gasteiger partial charge in [0.25, 0.3) is 5.91 Å². The predicted molar refractivity (Wildman–Crippen MR) is 92.2 cm³/mol. The largest absolute Gasteiger partial charge is 0.405 e. The number of anilines is 1. The van der Waals surface area contributed by atoms with Crippen molar-refractivity contribution in [2.75, 3.05) is 18.4 Å². The quantitative estimate of drug-likeness (QED) is 0.598. The maximum absolute atomic E-state index is 13.6. The van der Waals surface area contributed by atoms with Gasteiger partial charge in [-0.05, 0) is 12.1 Å². The minimum absolute atomic E-state index is 0.138. The van der Waals surface area contributed by atoms with E-state index in [0.717, 1.165) is 17.4 Å². The van der Waals surface area contributed by atoms with Crippen LogP contribution in [0.1, 0.15) is 16.1 Å². The lowest BCUT2D eigenvalue weighted by Gasteiger charge is -2.08. The summed E-state index contributed by atoms with van der Waals surface area (Å²) in [4.78, 5) is 38.9. The number of benzene rings is 1. The van der Waals surface area contributed by atoms with Gasteiger partial charge in [-0.3, -0.25) is 19.7 Å². The number of rotatable bonds is 7. The summed E-state index contributed by atoms with van der Waals surface area (Å²) >= 11 is 1.01. The number of halogens is 4. The Morgan fingerprint density at radius 1 is 1.07 bits per heavy atom. The molecule has 0 radical (unpaired) electrons. The van der Waals surface area contributed by atoms with Gasteiger partial charge in [-0.15, -0.1) is 11.3 Å². The third-order valence-electron chi connectivity index (χ3n) is 3.16. The van der Waals surface area contributed by atoms with Gasteiger partial charge in [-0.1, -0.05) is 12.1 Å². The Kier molecular flexibility index (Phi) is 7.04. The molecule has 0 saturated carbocycles. The van der Waals surface area contributed by atoms with Gasteiger partial charge >= 0.3 is 6.18 Å². The average Bonchev–Trinajstić information content (AvgIpc) is 3.04. The van der Waals surface area contributed by atoms with E-state index in [1.54, 1.807) is 5.32 Å². The fourth-order valence-electron chi connectivity index (χ4n) is 1.92. The van der Waals surface area contributed by atoms with Crippen LogP contribution in [0.25, 0.3) is 0 Å². The molecule has 0 atom stereocenters. The highest BCUT2D eigenvalue weighted by Crippen LogP contribution is 2.18. The van der Waals surface area contributed by atoms with Gasteiger partial charge in [0, 0.05) is 5.38 Å². The van der Waals surface area contributed by atoms with Gasteiger partial charge < -0.3 is 10.6 Å². The Balaban J connectivity index is 1.80. The van der Waals surface area contributed by atoms with Crippen LogP contribution in [0.4, 0.5) is 22.7 Å². The van der Waals surface area contributed by atoms with E-state index in [2.05, 4.69) is 15.6 Å². The van der Waals surface area contributed by atoms with Crippen LogP contribution in [0.15, 0.2) is 29.6 Å². The van der Waals surface area contributed by atoms with Crippen molar-refractivity contribution in [1.82, 2.24) is 15.6 Å². The minimum Gasteiger partial charge on any atom is -0.347 e. The normalized spacial score (nSPS) is 11.0. The fraction of sp³-hybridized carbons (Fsp3) is 0.250. The van der Waals surface area contributed by atoms with E-state index in [9.17, 15) is 31.9 Å². The maximum atomic E-state index is 13.6. The molecule has 0 aliphatic heterocycles. The monoisotopic (exact) mass is 418 g/mol. The zero-order valence-electron chi connectivity index (χ0n) is 14.1. The Morgan fingerprint density at radius 2 is 1.79 bits per heavy atom. The number of nitrogens with one attached hydrogen (secondary N) is 3. The van der Waals surface area contributed by atoms with Gasteiger partial charge in [0.2, 0.25) is 11.8 Å². The summed E-state index contributed by atoms with van der Waals surface area (Å²) < 4.78 is 49.5. The van der Waals surface area contributed by atoms with Gasteiger partial charge in [0.1, 0.15) is 12.4 Å². The van der Waals surface area contributed by atoms with E-state index < -0.39 is 42.8 Å². The smallest absolute Gasteiger partial charge is 0.347 e. The van der Waals surface area contributed by atoms with Crippen molar-refractivity contribution >= 4 is 34.2 Å². The molecule has 1 heterocycles. The first-order valence-electron chi connectivity index (χ1n) is 7.74. The fourth-order valence-corrected chi connectivity index (χ4v) is 2.63. The molecule has 28 heavy (non-hydrogen) atoms. The molecule has 2 aromatic rings. The van der Waals surface area contributed by atoms with Gasteiger partial charge in [0.15, 0.2) is 5.13 Å². The van der Waals surface area contributed by atoms with Crippen LogP contribution in [0, 0.1) is 5.82 Å². The van der Waals surface area contributed by atoms with Crippen LogP contribution in [0.3, 0.4) is 0 Å². The lowest BCUT2D eigenvalue weighted by Crippen LogP contribution is -2.41. The van der Waals surface area contributed by atoms with Crippen molar-refractivity contribution in [3.05, 3.63) is 46.7 Å². The Hall–Kier alpha value is -3.02. The lowest BCUT2D eigenvalue weighted by atomic mass is 10.2. The van der Waals surface area contributed by atoms with Gasteiger partial charge in [-0.25, -0.2) is 9.37 Å². The van der Waals surface area contributed by atoms with E-state index in [1.165, 1.54) is 23.6 Å². The van der Waals surface area contributed by atoms with Crippen LogP contribution in [0.2, 0.25) is 0 Å². The number of hydrogen-bond acceptors (Lipinski definition) is 5. The average molecular weight is 418 g/mol. The first kappa shape index (κ1) is 21.3. The molecule has 0 fully saturated rings. The molecule has 0 bridgehead atoms. The molecule has 12 heteroatoms. The molecule has 0 aliphatic carbocycles. The standard InChI is InChI=1S/C16H14F4N4O3S/c17-11-4-2-1-3-10(11)14(27)24-15-23-9(7-28-15)5-12(25)21-6-13(26)22-8-16(18,19)20/h1-4,7H,5-6,8H2,(H,21,25)(H,22,26)(H,23,24,27). The summed E-state index contributed by atoms with van der Waals surface area (Å²) in [5.74, 6) is -3.02. The summed E-state index contributed by atoms with van der Waals surface area (Å²) in [6, 6.07) is 5.38. The molecule has 0 unspecified atom stereocenters. The highest BCUT2D eigenvalue weighted by atomic mass is 32.1. The van der Waals surface area contributed by atoms with Crippen molar-refractivity contribution in [3.63, 3.8) is 0 Å². The van der Waals surface area contributed by atoms with Crippen molar-refractivity contribution in [2.24, 2.45) is 0 Å². The third kappa shape index (κ3) is 6.95. The lowest BCUT2D eigenvalue weighted by molar-refractivity contribution is -0.138. The molecule has 2 rings (SSSR count). The summed E-state index contributed by atoms with van der Waals surface area (Å²) in [5, 5.41) is 7.79. The first-order valence-corrected chi connectivity index (χ1v) is 8.62. The number of aromatic nitrogens is 1. The third-order valence-corrected chi connectivity index (χ3v) is 3.97. The molecule has 3 N–H and O–H groups in total. The van der Waals surface area contributed by atoms with E-state index in [-0.39, 0.29) is 22.8 Å². The SMILES string of the molecule is O=C(CNC(=O)Cc1csc(NC(=O)c2ccccc2F)n1)NCC(F)(F)F. The van der Waals surface area contributed by atoms with Crippen molar-refractivity contribution in [2.45, 2.75) is 12.6 Å². The second-order valence-electron chi connectivity index (χ2n) is 5.42. The number of nitrogens with zero attached hydrogens (tertiary/aromatic N) is 1. The molecule has 1 aromatic heterocycles. The summed E-state index contributed by atoms with van der Waals surface area (Å²) in [6.07, 6.45) is -4.79. The number of carbonyl (C=O) groups excluding carboxylic acids is 3. The number of thiazole rings is 1. The second kappa shape index (κ2) is 9.26.